The number of methoxy groups -OCH3 is 2. The molecular weight excluding hydrogens is 773 g/mol. The quantitative estimate of drug-likeness (QED) is 0.129. The first-order chi connectivity index (χ1) is 29.6. The summed E-state index contributed by atoms with van der Waals surface area (Å²) >= 11 is 0. The molecule has 2 N–H and O–H groups in total. The van der Waals surface area contributed by atoms with Gasteiger partial charge in [0.2, 0.25) is 11.8 Å². The number of aromatic nitrogens is 2. The average Bonchev–Trinajstić information content (AvgIpc) is 4.13. The number of H-pyrrole nitrogens is 1. The number of hydrogen-bond donors (Lipinski definition) is 2. The molecular formula is C48H54N6O7. The van der Waals surface area contributed by atoms with Crippen molar-refractivity contribution in [3.8, 4) is 23.1 Å². The Labute approximate surface area is 356 Å². The highest BCUT2D eigenvalue weighted by Gasteiger charge is 2.41. The molecule has 8 rings (SSSR count). The van der Waals surface area contributed by atoms with Crippen molar-refractivity contribution in [2.75, 3.05) is 40.5 Å². The fourth-order valence-electron chi connectivity index (χ4n) is 9.47. The lowest BCUT2D eigenvalue weighted by atomic mass is 9.82. The van der Waals surface area contributed by atoms with Crippen molar-refractivity contribution in [1.82, 2.24) is 25.1 Å². The van der Waals surface area contributed by atoms with Crippen molar-refractivity contribution in [3.05, 3.63) is 83.3 Å². The topological polar surface area (TPSA) is 156 Å². The predicted molar refractivity (Wildman–Crippen MR) is 231 cm³/mol. The second-order valence-electron chi connectivity index (χ2n) is 16.9. The number of hydrogen-bond acceptors (Lipinski definition) is 9. The summed E-state index contributed by atoms with van der Waals surface area (Å²) in [4.78, 5) is 69.1. The molecule has 4 aromatic rings. The van der Waals surface area contributed by atoms with E-state index in [1.165, 1.54) is 19.8 Å². The smallest absolute Gasteiger partial charge is 0.407 e. The summed E-state index contributed by atoms with van der Waals surface area (Å²) < 4.78 is 15.3. The Morgan fingerprint density at radius 2 is 1.57 bits per heavy atom. The summed E-state index contributed by atoms with van der Waals surface area (Å²) in [5.74, 6) is 6.49. The number of likely N-dealkylation sites (tertiary alicyclic amines) is 2. The molecule has 4 atom stereocenters. The zero-order valence-electron chi connectivity index (χ0n) is 35.4. The zero-order valence-corrected chi connectivity index (χ0v) is 35.4. The van der Waals surface area contributed by atoms with Crippen molar-refractivity contribution in [1.29, 1.82) is 0 Å². The van der Waals surface area contributed by atoms with E-state index < -0.39 is 18.1 Å². The van der Waals surface area contributed by atoms with E-state index in [1.807, 2.05) is 43.0 Å². The van der Waals surface area contributed by atoms with Gasteiger partial charge in [-0.3, -0.25) is 19.4 Å². The summed E-state index contributed by atoms with van der Waals surface area (Å²) in [6.45, 7) is 6.27. The summed E-state index contributed by atoms with van der Waals surface area (Å²) in [5, 5.41) is 4.92. The van der Waals surface area contributed by atoms with Gasteiger partial charge in [0.15, 0.2) is 0 Å². The summed E-state index contributed by atoms with van der Waals surface area (Å²) in [6, 6.07) is 17.5. The lowest BCUT2D eigenvalue weighted by Gasteiger charge is -2.34. The number of nitrogens with one attached hydrogen (secondary N) is 2. The first-order valence-corrected chi connectivity index (χ1v) is 21.5. The van der Waals surface area contributed by atoms with Crippen molar-refractivity contribution in [2.45, 2.75) is 83.3 Å². The second kappa shape index (κ2) is 18.3. The minimum atomic E-state index is -0.689. The summed E-state index contributed by atoms with van der Waals surface area (Å²) in [6.07, 6.45) is 6.87. The van der Waals surface area contributed by atoms with E-state index >= 15 is 0 Å². The molecule has 5 heterocycles. The molecule has 13 nitrogen and oxygen atoms in total. The molecule has 13 heteroatoms. The number of alkyl carbamates (subject to hydrolysis) is 1. The van der Waals surface area contributed by atoms with Gasteiger partial charge in [-0.1, -0.05) is 50.0 Å². The Morgan fingerprint density at radius 1 is 0.869 bits per heavy atom. The number of imidazole rings is 1. The van der Waals surface area contributed by atoms with Gasteiger partial charge >= 0.3 is 12.1 Å². The van der Waals surface area contributed by atoms with E-state index in [1.54, 1.807) is 11.1 Å². The molecule has 0 bridgehead atoms. The van der Waals surface area contributed by atoms with Crippen LogP contribution < -0.4 is 5.32 Å². The van der Waals surface area contributed by atoms with Gasteiger partial charge in [0.05, 0.1) is 56.2 Å². The third-order valence-corrected chi connectivity index (χ3v) is 12.8. The van der Waals surface area contributed by atoms with Crippen LogP contribution in [0.15, 0.2) is 65.8 Å². The third-order valence-electron chi connectivity index (χ3n) is 12.8. The number of fused-ring (bicyclic) bond motifs is 3. The number of amides is 3. The van der Waals surface area contributed by atoms with Gasteiger partial charge in [-0.05, 0) is 103 Å². The fraction of sp³-hybridized carbons (Fsp3) is 0.458. The highest BCUT2D eigenvalue weighted by atomic mass is 16.5. The van der Waals surface area contributed by atoms with Gasteiger partial charge in [0, 0.05) is 49.6 Å². The molecule has 0 spiro atoms. The van der Waals surface area contributed by atoms with Crippen LogP contribution in [0.25, 0.3) is 22.0 Å². The van der Waals surface area contributed by atoms with Crippen LogP contribution in [0.4, 0.5) is 10.5 Å². The molecule has 0 aliphatic carbocycles. The molecule has 4 aliphatic heterocycles. The lowest BCUT2D eigenvalue weighted by Crippen LogP contribution is -2.51. The maximum absolute atomic E-state index is 14.2. The summed E-state index contributed by atoms with van der Waals surface area (Å²) in [5.41, 5.74) is 6.71. The zero-order chi connectivity index (χ0) is 42.6. The van der Waals surface area contributed by atoms with Gasteiger partial charge in [0.1, 0.15) is 11.9 Å². The first kappa shape index (κ1) is 41.7. The van der Waals surface area contributed by atoms with Gasteiger partial charge < -0.3 is 34.3 Å². The number of aromatic amines is 1. The van der Waals surface area contributed by atoms with Gasteiger partial charge in [-0.25, -0.2) is 9.78 Å². The van der Waals surface area contributed by atoms with Gasteiger partial charge in [-0.15, -0.1) is 0 Å². The second-order valence-corrected chi connectivity index (χ2v) is 16.9. The Bertz CT molecular complexity index is 2390. The molecule has 3 saturated heterocycles. The fourth-order valence-corrected chi connectivity index (χ4v) is 9.47. The molecule has 0 radical (unpaired) electrons. The number of esters is 1. The predicted octanol–water partition coefficient (Wildman–Crippen LogP) is 6.90. The maximum Gasteiger partial charge on any atom is 0.407 e. The largest absolute Gasteiger partial charge is 0.469 e. The van der Waals surface area contributed by atoms with E-state index in [4.69, 9.17) is 19.2 Å². The Balaban J connectivity index is 0.920. The van der Waals surface area contributed by atoms with E-state index in [9.17, 15) is 19.2 Å². The van der Waals surface area contributed by atoms with Crippen LogP contribution in [0.2, 0.25) is 0 Å². The number of ether oxygens (including phenoxy) is 3. The highest BCUT2D eigenvalue weighted by molar-refractivity contribution is 6.05. The number of carbonyl (C=O) groups excluding carboxylic acids is 4. The number of carbonyl (C=O) groups is 4. The van der Waals surface area contributed by atoms with Crippen molar-refractivity contribution in [3.63, 3.8) is 0 Å². The molecule has 318 valence electrons. The summed E-state index contributed by atoms with van der Waals surface area (Å²) in [7, 11) is 2.67. The van der Waals surface area contributed by atoms with Crippen LogP contribution in [0, 0.1) is 29.6 Å². The number of benzene rings is 3. The van der Waals surface area contributed by atoms with Crippen LogP contribution in [-0.2, 0) is 35.0 Å². The Hall–Kier alpha value is -6.00. The molecule has 4 aliphatic rings. The van der Waals surface area contributed by atoms with Crippen LogP contribution in [-0.4, -0.2) is 102 Å². The SMILES string of the molecule is COC(=O)C[C@H](C(=O)N1CCC[C@H]1C1=Nc2ccc3cc(C#Cc4ccc(-c5cnc([C@@H]6CCCN6C(=O)[C@@H](NC(=O)OC)C(C)C)[nH]5)cc4)ccc3c2C1)C1CCOCC1. The molecule has 3 aromatic carbocycles. The number of rotatable bonds is 10. The Morgan fingerprint density at radius 3 is 2.30 bits per heavy atom. The van der Waals surface area contributed by atoms with Gasteiger partial charge in [-0.2, -0.15) is 0 Å². The third kappa shape index (κ3) is 8.91. The van der Waals surface area contributed by atoms with Crippen LogP contribution >= 0.6 is 0 Å². The van der Waals surface area contributed by atoms with Gasteiger partial charge in [0.25, 0.3) is 0 Å². The molecule has 61 heavy (non-hydrogen) atoms. The molecule has 3 amide bonds. The van der Waals surface area contributed by atoms with E-state index in [2.05, 4.69) is 57.5 Å². The standard InChI is InChI=1S/C48H54N6O7/c1-29(2)44(52-48(58)60-4)47(57)54-22-6-8-42(54)45-49-28-40(51-45)33-14-11-30(12-15-33)9-10-31-13-17-35-34(25-31)16-18-38-37(35)26-39(50-38)41-7-5-21-53(41)46(56)36(27-43(55)59-3)32-19-23-61-24-20-32/h11-18,25,28-29,32,36,41-42,44H,5-8,19-24,26-27H2,1-4H3,(H,49,51)(H,52,58)/t36-,41-,42-,44-/m0/s1. The number of nitrogens with zero attached hydrogens (tertiary/aromatic N) is 4. The maximum atomic E-state index is 14.2. The molecule has 3 fully saturated rings. The monoisotopic (exact) mass is 826 g/mol. The minimum absolute atomic E-state index is 0.0328. The molecule has 1 aromatic heterocycles. The first-order valence-electron chi connectivity index (χ1n) is 21.5. The van der Waals surface area contributed by atoms with Crippen LogP contribution in [0.1, 0.15) is 87.3 Å². The van der Waals surface area contributed by atoms with Crippen molar-refractivity contribution >= 4 is 46.0 Å². The van der Waals surface area contributed by atoms with Crippen LogP contribution in [0.5, 0.6) is 0 Å². The van der Waals surface area contributed by atoms with E-state index in [-0.39, 0.29) is 48.1 Å². The number of aliphatic imine (C=N–C) groups is 1. The molecule has 0 saturated carbocycles. The van der Waals surface area contributed by atoms with E-state index in [0.29, 0.717) is 32.7 Å². The highest BCUT2D eigenvalue weighted by Crippen LogP contribution is 2.38. The van der Waals surface area contributed by atoms with Crippen molar-refractivity contribution in [2.24, 2.45) is 22.7 Å². The van der Waals surface area contributed by atoms with Crippen molar-refractivity contribution < 1.29 is 33.4 Å². The Kier molecular flexibility index (Phi) is 12.5. The average molecular weight is 827 g/mol. The lowest BCUT2D eigenvalue weighted by molar-refractivity contribution is -0.149. The van der Waals surface area contributed by atoms with E-state index in [0.717, 1.165) is 88.9 Å². The normalized spacial score (nSPS) is 19.9. The molecule has 0 unspecified atom stereocenters. The minimum Gasteiger partial charge on any atom is -0.469 e. The van der Waals surface area contributed by atoms with Crippen LogP contribution in [0.3, 0.4) is 0 Å².